The van der Waals surface area contributed by atoms with E-state index in [9.17, 15) is 9.59 Å². The molecule has 0 N–H and O–H groups in total. The summed E-state index contributed by atoms with van der Waals surface area (Å²) in [5, 5.41) is 0. The number of likely N-dealkylation sites (N-methyl/N-ethyl adjacent to an activating group) is 1. The number of benzodiazepines with no additional fused rings is 1. The van der Waals surface area contributed by atoms with Crippen molar-refractivity contribution < 1.29 is 9.59 Å². The fourth-order valence-electron chi connectivity index (χ4n) is 2.85. The number of nitrogens with zero attached hydrogens (tertiary/aromatic N) is 2. The van der Waals surface area contributed by atoms with Gasteiger partial charge in [0.1, 0.15) is 12.3 Å². The summed E-state index contributed by atoms with van der Waals surface area (Å²) in [7, 11) is 1.78. The zero-order valence-electron chi connectivity index (χ0n) is 14.0. The molecular weight excluding hydrogens is 300 g/mol. The van der Waals surface area contributed by atoms with Gasteiger partial charge in [0.25, 0.3) is 0 Å². The van der Waals surface area contributed by atoms with Gasteiger partial charge >= 0.3 is 0 Å². The molecule has 1 heterocycles. The van der Waals surface area contributed by atoms with Crippen LogP contribution in [0.2, 0.25) is 0 Å². The maximum Gasteiger partial charge on any atom is 0.248 e. The first-order valence-corrected chi connectivity index (χ1v) is 8.05. The highest BCUT2D eigenvalue weighted by Crippen LogP contribution is 2.27. The van der Waals surface area contributed by atoms with Gasteiger partial charge in [-0.2, -0.15) is 0 Å². The zero-order chi connectivity index (χ0) is 17.1. The molecule has 0 spiro atoms. The second-order valence-corrected chi connectivity index (χ2v) is 6.04. The van der Waals surface area contributed by atoms with E-state index in [-0.39, 0.29) is 18.2 Å². The van der Waals surface area contributed by atoms with Crippen molar-refractivity contribution in [2.24, 2.45) is 4.99 Å². The quantitative estimate of drug-likeness (QED) is 0.869. The van der Waals surface area contributed by atoms with Gasteiger partial charge in [-0.1, -0.05) is 42.5 Å². The highest BCUT2D eigenvalue weighted by Gasteiger charge is 2.22. The largest absolute Gasteiger partial charge is 0.313 e. The minimum absolute atomic E-state index is 0.0362. The number of ketones is 1. The Bertz CT molecular complexity index is 810. The van der Waals surface area contributed by atoms with Crippen molar-refractivity contribution in [3.05, 3.63) is 65.2 Å². The van der Waals surface area contributed by atoms with E-state index < -0.39 is 0 Å². The van der Waals surface area contributed by atoms with E-state index in [0.29, 0.717) is 12.8 Å². The van der Waals surface area contributed by atoms with E-state index in [1.807, 2.05) is 48.5 Å². The second-order valence-electron chi connectivity index (χ2n) is 6.04. The lowest BCUT2D eigenvalue weighted by Crippen LogP contribution is -2.28. The Morgan fingerprint density at radius 1 is 1.17 bits per heavy atom. The van der Waals surface area contributed by atoms with Crippen molar-refractivity contribution >= 4 is 23.1 Å². The van der Waals surface area contributed by atoms with Gasteiger partial charge in [-0.3, -0.25) is 9.79 Å². The van der Waals surface area contributed by atoms with Crippen molar-refractivity contribution in [1.29, 1.82) is 0 Å². The van der Waals surface area contributed by atoms with Gasteiger partial charge < -0.3 is 9.69 Å². The van der Waals surface area contributed by atoms with Gasteiger partial charge in [0.15, 0.2) is 0 Å². The standard InChI is InChI=1S/C20H20N2O2/c1-14(23)8-9-15-10-11-17-18(12-15)22(2)19(24)13-21-20(17)16-6-4-3-5-7-16/h3-7,10-12H,8-9,13H2,1-2H3. The molecule has 2 aromatic rings. The summed E-state index contributed by atoms with van der Waals surface area (Å²) in [4.78, 5) is 29.7. The van der Waals surface area contributed by atoms with Gasteiger partial charge in [-0.25, -0.2) is 0 Å². The highest BCUT2D eigenvalue weighted by atomic mass is 16.2. The van der Waals surface area contributed by atoms with E-state index in [4.69, 9.17) is 0 Å². The van der Waals surface area contributed by atoms with Crippen LogP contribution in [0.25, 0.3) is 0 Å². The molecule has 0 unspecified atom stereocenters. The van der Waals surface area contributed by atoms with Crippen LogP contribution in [0.1, 0.15) is 30.0 Å². The Kier molecular flexibility index (Phi) is 4.56. The topological polar surface area (TPSA) is 49.7 Å². The minimum Gasteiger partial charge on any atom is -0.313 e. The molecule has 0 saturated carbocycles. The normalized spacial score (nSPS) is 14.0. The predicted octanol–water partition coefficient (Wildman–Crippen LogP) is 3.02. The first-order valence-electron chi connectivity index (χ1n) is 8.05. The molecule has 1 amide bonds. The van der Waals surface area contributed by atoms with Crippen molar-refractivity contribution in [2.75, 3.05) is 18.5 Å². The van der Waals surface area contributed by atoms with Crippen LogP contribution in [0.15, 0.2) is 53.5 Å². The number of aryl methyl sites for hydroxylation is 1. The van der Waals surface area contributed by atoms with Crippen LogP contribution in [0, 0.1) is 0 Å². The maximum atomic E-state index is 12.3. The van der Waals surface area contributed by atoms with Gasteiger partial charge in [0.2, 0.25) is 5.91 Å². The van der Waals surface area contributed by atoms with Crippen molar-refractivity contribution in [3.63, 3.8) is 0 Å². The number of Topliss-reactive ketones (excluding diaryl/α,β-unsaturated/α-hetero) is 1. The van der Waals surface area contributed by atoms with Gasteiger partial charge in [0.05, 0.1) is 11.4 Å². The summed E-state index contributed by atoms with van der Waals surface area (Å²) in [6.07, 6.45) is 1.19. The smallest absolute Gasteiger partial charge is 0.248 e. The van der Waals surface area contributed by atoms with E-state index in [1.165, 1.54) is 0 Å². The first-order chi connectivity index (χ1) is 11.6. The third-order valence-electron chi connectivity index (χ3n) is 4.24. The summed E-state index contributed by atoms with van der Waals surface area (Å²) >= 11 is 0. The maximum absolute atomic E-state index is 12.3. The molecule has 0 aromatic heterocycles. The van der Waals surface area contributed by atoms with Crippen LogP contribution in [0.3, 0.4) is 0 Å². The summed E-state index contributed by atoms with van der Waals surface area (Å²) in [6.45, 7) is 1.73. The van der Waals surface area contributed by atoms with Crippen molar-refractivity contribution in [3.8, 4) is 0 Å². The van der Waals surface area contributed by atoms with E-state index >= 15 is 0 Å². The average molecular weight is 320 g/mol. The third-order valence-corrected chi connectivity index (χ3v) is 4.24. The van der Waals surface area contributed by atoms with Crippen LogP contribution in [-0.4, -0.2) is 31.0 Å². The molecule has 0 radical (unpaired) electrons. The number of aliphatic imine (C=N–C) groups is 1. The number of carbonyl (C=O) groups is 2. The Labute approximate surface area is 141 Å². The SMILES string of the molecule is CC(=O)CCc1ccc2c(c1)N(C)C(=O)CN=C2c1ccccc1. The molecule has 122 valence electrons. The molecule has 0 fully saturated rings. The van der Waals surface area contributed by atoms with Crippen LogP contribution >= 0.6 is 0 Å². The fourth-order valence-corrected chi connectivity index (χ4v) is 2.85. The van der Waals surface area contributed by atoms with E-state index in [1.54, 1.807) is 18.9 Å². The van der Waals surface area contributed by atoms with E-state index in [0.717, 1.165) is 28.1 Å². The molecule has 0 atom stereocenters. The fraction of sp³-hybridized carbons (Fsp3) is 0.250. The van der Waals surface area contributed by atoms with Crippen molar-refractivity contribution in [1.82, 2.24) is 0 Å². The molecular formula is C20H20N2O2. The van der Waals surface area contributed by atoms with Crippen molar-refractivity contribution in [2.45, 2.75) is 19.8 Å². The molecule has 24 heavy (non-hydrogen) atoms. The lowest BCUT2D eigenvalue weighted by Gasteiger charge is -2.19. The third kappa shape index (κ3) is 3.27. The van der Waals surface area contributed by atoms with E-state index in [2.05, 4.69) is 4.99 Å². The molecule has 4 heteroatoms. The molecule has 3 rings (SSSR count). The number of fused-ring (bicyclic) bond motifs is 1. The molecule has 1 aliphatic heterocycles. The summed E-state index contributed by atoms with van der Waals surface area (Å²) < 4.78 is 0. The van der Waals surface area contributed by atoms with Crippen LogP contribution < -0.4 is 4.90 Å². The number of carbonyl (C=O) groups excluding carboxylic acids is 2. The van der Waals surface area contributed by atoms with Gasteiger partial charge in [-0.15, -0.1) is 0 Å². The number of hydrogen-bond acceptors (Lipinski definition) is 3. The van der Waals surface area contributed by atoms with Gasteiger partial charge in [0, 0.05) is 24.6 Å². The highest BCUT2D eigenvalue weighted by molar-refractivity contribution is 6.19. The van der Waals surface area contributed by atoms with Crippen LogP contribution in [-0.2, 0) is 16.0 Å². The molecule has 1 aliphatic rings. The summed E-state index contributed by atoms with van der Waals surface area (Å²) in [5.74, 6) is 0.131. The molecule has 0 saturated heterocycles. The Morgan fingerprint density at radius 3 is 2.62 bits per heavy atom. The Balaban J connectivity index is 2.06. The lowest BCUT2D eigenvalue weighted by molar-refractivity contribution is -0.117. The number of hydrogen-bond donors (Lipinski definition) is 0. The molecule has 0 bridgehead atoms. The minimum atomic E-state index is -0.0362. The Hall–Kier alpha value is -2.75. The number of rotatable bonds is 4. The average Bonchev–Trinajstić information content (AvgIpc) is 2.72. The summed E-state index contributed by atoms with van der Waals surface area (Å²) in [5.41, 5.74) is 4.68. The second kappa shape index (κ2) is 6.79. The molecule has 4 nitrogen and oxygen atoms in total. The number of benzene rings is 2. The Morgan fingerprint density at radius 2 is 1.92 bits per heavy atom. The number of anilines is 1. The van der Waals surface area contributed by atoms with Gasteiger partial charge in [-0.05, 0) is 25.0 Å². The zero-order valence-corrected chi connectivity index (χ0v) is 14.0. The first kappa shape index (κ1) is 16.1. The number of amides is 1. The van der Waals surface area contributed by atoms with Crippen LogP contribution in [0.5, 0.6) is 0 Å². The van der Waals surface area contributed by atoms with Crippen LogP contribution in [0.4, 0.5) is 5.69 Å². The monoisotopic (exact) mass is 320 g/mol. The molecule has 0 aliphatic carbocycles. The molecule has 2 aromatic carbocycles. The predicted molar refractivity (Wildman–Crippen MR) is 95.8 cm³/mol. The lowest BCUT2D eigenvalue weighted by atomic mass is 9.97. The summed E-state index contributed by atoms with van der Waals surface area (Å²) in [6, 6.07) is 15.9.